The number of furan rings is 1. The molecule has 0 aliphatic heterocycles. The number of rotatable bonds is 2. The molecule has 0 N–H and O–H groups in total. The Kier molecular flexibility index (Phi) is 2.97. The van der Waals surface area contributed by atoms with Crippen molar-refractivity contribution in [3.8, 4) is 5.75 Å². The molecule has 1 heterocycles. The van der Waals surface area contributed by atoms with E-state index in [1.54, 1.807) is 18.2 Å². The van der Waals surface area contributed by atoms with Crippen molar-refractivity contribution in [2.24, 2.45) is 0 Å². The second kappa shape index (κ2) is 4.78. The largest absolute Gasteiger partial charge is 0.472 e. The second-order valence-corrected chi connectivity index (χ2v) is 4.40. The predicted molar refractivity (Wildman–Crippen MR) is 72.6 cm³/mol. The molecule has 0 bridgehead atoms. The first-order valence-corrected chi connectivity index (χ1v) is 6.05. The van der Waals surface area contributed by atoms with E-state index in [0.29, 0.717) is 16.3 Å². The smallest absolute Gasteiger partial charge is 0.346 e. The molecule has 0 spiro atoms. The predicted octanol–water partition coefficient (Wildman–Crippen LogP) is 4.31. The van der Waals surface area contributed by atoms with Gasteiger partial charge in [0.2, 0.25) is 0 Å². The Morgan fingerprint density at radius 1 is 1.05 bits per heavy atom. The summed E-state index contributed by atoms with van der Waals surface area (Å²) in [7, 11) is 0. The topological polar surface area (TPSA) is 39.4 Å². The first-order chi connectivity index (χ1) is 9.25. The van der Waals surface area contributed by atoms with Gasteiger partial charge in [0.25, 0.3) is 0 Å². The van der Waals surface area contributed by atoms with Gasteiger partial charge in [0, 0.05) is 15.8 Å². The van der Waals surface area contributed by atoms with E-state index in [0.717, 1.165) is 10.8 Å². The highest BCUT2D eigenvalue weighted by molar-refractivity contribution is 6.35. The Bertz CT molecular complexity index is 732. The van der Waals surface area contributed by atoms with E-state index in [1.165, 1.54) is 12.5 Å². The molecule has 3 aromatic rings. The van der Waals surface area contributed by atoms with Crippen LogP contribution in [0.2, 0.25) is 5.02 Å². The van der Waals surface area contributed by atoms with Crippen molar-refractivity contribution in [2.45, 2.75) is 0 Å². The maximum Gasteiger partial charge on any atom is 0.346 e. The number of carbonyl (C=O) groups excluding carboxylic acids is 1. The van der Waals surface area contributed by atoms with Crippen LogP contribution >= 0.6 is 11.6 Å². The van der Waals surface area contributed by atoms with Crippen LogP contribution in [-0.2, 0) is 0 Å². The van der Waals surface area contributed by atoms with E-state index in [1.807, 2.05) is 24.3 Å². The van der Waals surface area contributed by atoms with Gasteiger partial charge in [-0.05, 0) is 18.2 Å². The molecule has 0 radical (unpaired) electrons. The van der Waals surface area contributed by atoms with Crippen LogP contribution in [0.5, 0.6) is 5.75 Å². The molecule has 94 valence electrons. The molecule has 1 aromatic heterocycles. The van der Waals surface area contributed by atoms with Crippen LogP contribution in [-0.4, -0.2) is 5.97 Å². The van der Waals surface area contributed by atoms with Crippen molar-refractivity contribution in [2.75, 3.05) is 0 Å². The van der Waals surface area contributed by atoms with Crippen molar-refractivity contribution >= 4 is 28.3 Å². The maximum atomic E-state index is 11.9. The van der Waals surface area contributed by atoms with Gasteiger partial charge in [-0.15, -0.1) is 0 Å². The second-order valence-electron chi connectivity index (χ2n) is 3.99. The number of hydrogen-bond acceptors (Lipinski definition) is 3. The van der Waals surface area contributed by atoms with Crippen molar-refractivity contribution in [1.29, 1.82) is 0 Å². The Balaban J connectivity index is 2.02. The first kappa shape index (κ1) is 11.8. The average molecular weight is 273 g/mol. The minimum atomic E-state index is -0.457. The summed E-state index contributed by atoms with van der Waals surface area (Å²) in [5.74, 6) is 0.0208. The van der Waals surface area contributed by atoms with Crippen LogP contribution in [0.4, 0.5) is 0 Å². The highest BCUT2D eigenvalue weighted by Crippen LogP contribution is 2.31. The quantitative estimate of drug-likeness (QED) is 0.515. The molecule has 0 saturated heterocycles. The fourth-order valence-electron chi connectivity index (χ4n) is 1.86. The highest BCUT2D eigenvalue weighted by atomic mass is 35.5. The molecule has 19 heavy (non-hydrogen) atoms. The van der Waals surface area contributed by atoms with E-state index in [-0.39, 0.29) is 0 Å². The molecular weight excluding hydrogens is 264 g/mol. The van der Waals surface area contributed by atoms with Crippen LogP contribution in [0.25, 0.3) is 10.8 Å². The van der Waals surface area contributed by atoms with Crippen LogP contribution < -0.4 is 4.74 Å². The lowest BCUT2D eigenvalue weighted by Gasteiger charge is -2.07. The normalized spacial score (nSPS) is 10.6. The summed E-state index contributed by atoms with van der Waals surface area (Å²) in [5, 5.41) is 2.27. The van der Waals surface area contributed by atoms with Crippen molar-refractivity contribution in [3.05, 3.63) is 65.6 Å². The fraction of sp³-hybridized carbons (Fsp3) is 0. The Labute approximate surface area is 114 Å². The molecule has 0 saturated carbocycles. The van der Waals surface area contributed by atoms with E-state index >= 15 is 0 Å². The number of hydrogen-bond donors (Lipinski definition) is 0. The number of fused-ring (bicyclic) bond motifs is 1. The van der Waals surface area contributed by atoms with Gasteiger partial charge >= 0.3 is 5.97 Å². The monoisotopic (exact) mass is 272 g/mol. The van der Waals surface area contributed by atoms with Gasteiger partial charge < -0.3 is 9.15 Å². The van der Waals surface area contributed by atoms with Gasteiger partial charge in [-0.2, -0.15) is 0 Å². The van der Waals surface area contributed by atoms with Crippen molar-refractivity contribution in [3.63, 3.8) is 0 Å². The van der Waals surface area contributed by atoms with Gasteiger partial charge in [0.15, 0.2) is 0 Å². The average Bonchev–Trinajstić information content (AvgIpc) is 2.96. The zero-order valence-corrected chi connectivity index (χ0v) is 10.6. The molecule has 4 heteroatoms. The third-order valence-electron chi connectivity index (χ3n) is 2.79. The lowest BCUT2D eigenvalue weighted by Crippen LogP contribution is -2.07. The summed E-state index contributed by atoms with van der Waals surface area (Å²) in [6.45, 7) is 0. The number of carbonyl (C=O) groups is 1. The summed E-state index contributed by atoms with van der Waals surface area (Å²) < 4.78 is 10.2. The Hall–Kier alpha value is -2.26. The fourth-order valence-corrected chi connectivity index (χ4v) is 2.09. The molecule has 0 fully saturated rings. The molecule has 0 aliphatic carbocycles. The van der Waals surface area contributed by atoms with Gasteiger partial charge in [0.05, 0.1) is 11.8 Å². The van der Waals surface area contributed by atoms with E-state index < -0.39 is 5.97 Å². The van der Waals surface area contributed by atoms with Gasteiger partial charge in [0.1, 0.15) is 12.0 Å². The minimum Gasteiger partial charge on any atom is -0.472 e. The maximum absolute atomic E-state index is 11.9. The zero-order valence-electron chi connectivity index (χ0n) is 9.80. The molecular formula is C15H9ClO3. The van der Waals surface area contributed by atoms with Crippen LogP contribution in [0.1, 0.15) is 10.4 Å². The number of benzene rings is 2. The Morgan fingerprint density at radius 2 is 1.84 bits per heavy atom. The lowest BCUT2D eigenvalue weighted by atomic mass is 10.1. The zero-order chi connectivity index (χ0) is 13.2. The third-order valence-corrected chi connectivity index (χ3v) is 3.12. The van der Waals surface area contributed by atoms with E-state index in [4.69, 9.17) is 20.8 Å². The highest BCUT2D eigenvalue weighted by Gasteiger charge is 2.12. The van der Waals surface area contributed by atoms with Crippen LogP contribution in [0.3, 0.4) is 0 Å². The van der Waals surface area contributed by atoms with Crippen LogP contribution in [0.15, 0.2) is 59.4 Å². The number of ether oxygens (including phenoxy) is 1. The van der Waals surface area contributed by atoms with Gasteiger partial charge in [-0.25, -0.2) is 4.79 Å². The summed E-state index contributed by atoms with van der Waals surface area (Å²) in [6, 6.07) is 12.4. The van der Waals surface area contributed by atoms with Gasteiger partial charge in [-0.1, -0.05) is 35.9 Å². The minimum absolute atomic E-state index is 0.374. The molecule has 0 unspecified atom stereocenters. The van der Waals surface area contributed by atoms with E-state index in [9.17, 15) is 4.79 Å². The van der Waals surface area contributed by atoms with Crippen molar-refractivity contribution < 1.29 is 13.9 Å². The number of esters is 1. The molecule has 0 amide bonds. The summed E-state index contributed by atoms with van der Waals surface area (Å²) in [6.07, 6.45) is 2.77. The molecule has 3 nitrogen and oxygen atoms in total. The van der Waals surface area contributed by atoms with Crippen LogP contribution in [0, 0.1) is 0 Å². The molecule has 3 rings (SSSR count). The summed E-state index contributed by atoms with van der Waals surface area (Å²) in [5.41, 5.74) is 0.374. The standard InChI is InChI=1S/C15H9ClO3/c16-13-5-6-14(12-4-2-1-3-11(12)13)19-15(17)10-7-8-18-9-10/h1-9H. The number of halogens is 1. The molecule has 2 aromatic carbocycles. The summed E-state index contributed by atoms with van der Waals surface area (Å²) >= 11 is 6.11. The molecule has 0 atom stereocenters. The third kappa shape index (κ3) is 2.20. The lowest BCUT2D eigenvalue weighted by molar-refractivity contribution is 0.0736. The Morgan fingerprint density at radius 3 is 2.58 bits per heavy atom. The molecule has 0 aliphatic rings. The summed E-state index contributed by atoms with van der Waals surface area (Å²) in [4.78, 5) is 11.9. The van der Waals surface area contributed by atoms with Gasteiger partial charge in [-0.3, -0.25) is 0 Å². The SMILES string of the molecule is O=C(Oc1ccc(Cl)c2ccccc12)c1ccoc1. The first-order valence-electron chi connectivity index (χ1n) is 5.67. The van der Waals surface area contributed by atoms with E-state index in [2.05, 4.69) is 0 Å². The van der Waals surface area contributed by atoms with Crippen molar-refractivity contribution in [1.82, 2.24) is 0 Å².